The molecule has 0 bridgehead atoms. The summed E-state index contributed by atoms with van der Waals surface area (Å²) >= 11 is 1.55. The molecule has 4 heteroatoms. The van der Waals surface area contributed by atoms with Crippen molar-refractivity contribution in [1.82, 2.24) is 4.98 Å². The van der Waals surface area contributed by atoms with E-state index in [0.29, 0.717) is 5.13 Å². The van der Waals surface area contributed by atoms with E-state index in [1.165, 1.54) is 5.56 Å². The van der Waals surface area contributed by atoms with Crippen LogP contribution in [-0.4, -0.2) is 10.9 Å². The first kappa shape index (κ1) is 15.0. The lowest BCUT2D eigenvalue weighted by atomic mass is 9.99. The van der Waals surface area contributed by atoms with Crippen molar-refractivity contribution in [2.24, 2.45) is 5.92 Å². The van der Waals surface area contributed by atoms with E-state index < -0.39 is 0 Å². The third-order valence-electron chi connectivity index (χ3n) is 3.54. The summed E-state index contributed by atoms with van der Waals surface area (Å²) in [4.78, 5) is 16.7. The van der Waals surface area contributed by atoms with Crippen molar-refractivity contribution in [3.8, 4) is 0 Å². The van der Waals surface area contributed by atoms with Gasteiger partial charge in [0, 0.05) is 5.92 Å². The van der Waals surface area contributed by atoms with Crippen molar-refractivity contribution in [1.29, 1.82) is 0 Å². The van der Waals surface area contributed by atoms with Gasteiger partial charge in [0.1, 0.15) is 0 Å². The Morgan fingerprint density at radius 3 is 2.90 bits per heavy atom. The number of benzene rings is 1. The molecule has 0 spiro atoms. The molecular weight excluding hydrogens is 268 g/mol. The summed E-state index contributed by atoms with van der Waals surface area (Å²) in [5, 5.41) is 3.69. The summed E-state index contributed by atoms with van der Waals surface area (Å²) in [5.74, 6) is 0.209. The molecule has 1 N–H and O–H groups in total. The predicted molar refractivity (Wildman–Crippen MR) is 86.3 cm³/mol. The Bertz CT molecular complexity index is 591. The summed E-state index contributed by atoms with van der Waals surface area (Å²) in [6, 6.07) is 6.16. The van der Waals surface area contributed by atoms with Crippen molar-refractivity contribution in [2.45, 2.75) is 46.5 Å². The highest BCUT2D eigenvalue weighted by molar-refractivity contribution is 7.22. The van der Waals surface area contributed by atoms with Gasteiger partial charge in [0.05, 0.1) is 10.2 Å². The number of amides is 1. The van der Waals surface area contributed by atoms with Gasteiger partial charge in [-0.2, -0.15) is 0 Å². The standard InChI is InChI=1S/C16H22N2OS/c1-4-6-7-12(5-2)15(19)18-16-17-13-9-8-11(3)10-14(13)20-16/h8-10,12H,4-7H2,1-3H3,(H,17,18,19)/t12-/m1/s1. The molecule has 1 aromatic heterocycles. The Labute approximate surface area is 124 Å². The minimum Gasteiger partial charge on any atom is -0.302 e. The van der Waals surface area contributed by atoms with Gasteiger partial charge in [-0.1, -0.05) is 44.1 Å². The average molecular weight is 290 g/mol. The van der Waals surface area contributed by atoms with Gasteiger partial charge in [0.15, 0.2) is 5.13 Å². The molecule has 1 atom stereocenters. The second-order valence-electron chi connectivity index (χ2n) is 5.23. The van der Waals surface area contributed by atoms with Gasteiger partial charge in [0.2, 0.25) is 5.91 Å². The van der Waals surface area contributed by atoms with E-state index in [1.54, 1.807) is 11.3 Å². The van der Waals surface area contributed by atoms with E-state index >= 15 is 0 Å². The Morgan fingerprint density at radius 1 is 1.40 bits per heavy atom. The van der Waals surface area contributed by atoms with Crippen LogP contribution < -0.4 is 5.32 Å². The molecule has 2 rings (SSSR count). The maximum absolute atomic E-state index is 12.2. The molecule has 3 nitrogen and oxygen atoms in total. The van der Waals surface area contributed by atoms with Crippen LogP contribution in [0.1, 0.15) is 45.1 Å². The second kappa shape index (κ2) is 6.84. The van der Waals surface area contributed by atoms with Gasteiger partial charge in [-0.25, -0.2) is 4.98 Å². The molecule has 0 unspecified atom stereocenters. The highest BCUT2D eigenvalue weighted by Crippen LogP contribution is 2.27. The number of rotatable bonds is 6. The molecule has 20 heavy (non-hydrogen) atoms. The highest BCUT2D eigenvalue weighted by atomic mass is 32.1. The summed E-state index contributed by atoms with van der Waals surface area (Å²) in [7, 11) is 0. The molecule has 0 saturated carbocycles. The number of aryl methyl sites for hydroxylation is 1. The number of nitrogens with one attached hydrogen (secondary N) is 1. The van der Waals surface area contributed by atoms with Crippen LogP contribution in [0.3, 0.4) is 0 Å². The van der Waals surface area contributed by atoms with Gasteiger partial charge in [-0.15, -0.1) is 0 Å². The first-order valence-corrected chi connectivity index (χ1v) is 8.13. The van der Waals surface area contributed by atoms with Crippen LogP contribution in [0.15, 0.2) is 18.2 Å². The number of anilines is 1. The van der Waals surface area contributed by atoms with Crippen LogP contribution in [0.2, 0.25) is 0 Å². The SMILES string of the molecule is CCCC[C@@H](CC)C(=O)Nc1nc2ccc(C)cc2s1. The maximum Gasteiger partial charge on any atom is 0.229 e. The minimum absolute atomic E-state index is 0.101. The number of hydrogen-bond acceptors (Lipinski definition) is 3. The normalized spacial score (nSPS) is 12.6. The minimum atomic E-state index is 0.101. The molecule has 0 saturated heterocycles. The summed E-state index contributed by atoms with van der Waals surface area (Å²) < 4.78 is 1.13. The predicted octanol–water partition coefficient (Wildman–Crippen LogP) is 4.76. The quantitative estimate of drug-likeness (QED) is 0.833. The van der Waals surface area contributed by atoms with Gasteiger partial charge >= 0.3 is 0 Å². The third-order valence-corrected chi connectivity index (χ3v) is 4.48. The number of aromatic nitrogens is 1. The topological polar surface area (TPSA) is 42.0 Å². The van der Waals surface area contributed by atoms with Gasteiger partial charge in [-0.3, -0.25) is 4.79 Å². The van der Waals surface area contributed by atoms with Crippen LogP contribution >= 0.6 is 11.3 Å². The highest BCUT2D eigenvalue weighted by Gasteiger charge is 2.17. The van der Waals surface area contributed by atoms with Crippen molar-refractivity contribution in [3.05, 3.63) is 23.8 Å². The lowest BCUT2D eigenvalue weighted by Gasteiger charge is -2.12. The molecule has 1 aromatic carbocycles. The molecule has 0 aliphatic rings. The zero-order valence-electron chi connectivity index (χ0n) is 12.4. The van der Waals surface area contributed by atoms with Crippen LogP contribution in [-0.2, 0) is 4.79 Å². The smallest absolute Gasteiger partial charge is 0.229 e. The number of carbonyl (C=O) groups excluding carboxylic acids is 1. The lowest BCUT2D eigenvalue weighted by molar-refractivity contribution is -0.120. The summed E-state index contributed by atoms with van der Waals surface area (Å²) in [6.07, 6.45) is 4.08. The van der Waals surface area contributed by atoms with Crippen LogP contribution in [0, 0.1) is 12.8 Å². The van der Waals surface area contributed by atoms with Crippen molar-refractivity contribution in [3.63, 3.8) is 0 Å². The second-order valence-corrected chi connectivity index (χ2v) is 6.26. The number of fused-ring (bicyclic) bond motifs is 1. The van der Waals surface area contributed by atoms with Crippen molar-refractivity contribution in [2.75, 3.05) is 5.32 Å². The number of carbonyl (C=O) groups is 1. The third kappa shape index (κ3) is 3.57. The monoisotopic (exact) mass is 290 g/mol. The van der Waals surface area contributed by atoms with Crippen LogP contribution in [0.5, 0.6) is 0 Å². The van der Waals surface area contributed by atoms with Gasteiger partial charge in [-0.05, 0) is 37.5 Å². The average Bonchev–Trinajstić information content (AvgIpc) is 2.80. The summed E-state index contributed by atoms with van der Waals surface area (Å²) in [5.41, 5.74) is 2.17. The fraction of sp³-hybridized carbons (Fsp3) is 0.500. The van der Waals surface area contributed by atoms with E-state index in [-0.39, 0.29) is 11.8 Å². The fourth-order valence-electron chi connectivity index (χ4n) is 2.26. The Balaban J connectivity index is 2.08. The van der Waals surface area contributed by atoms with Crippen LogP contribution in [0.4, 0.5) is 5.13 Å². The van der Waals surface area contributed by atoms with E-state index in [4.69, 9.17) is 0 Å². The lowest BCUT2D eigenvalue weighted by Crippen LogP contribution is -2.22. The number of unbranched alkanes of at least 4 members (excludes halogenated alkanes) is 1. The van der Waals surface area contributed by atoms with Crippen LogP contribution in [0.25, 0.3) is 10.2 Å². The van der Waals surface area contributed by atoms with E-state index in [0.717, 1.165) is 35.9 Å². The fourth-order valence-corrected chi connectivity index (χ4v) is 3.23. The zero-order chi connectivity index (χ0) is 14.5. The molecule has 0 aliphatic carbocycles. The van der Waals surface area contributed by atoms with E-state index in [1.807, 2.05) is 12.1 Å². The Kier molecular flexibility index (Phi) is 5.12. The molecule has 0 radical (unpaired) electrons. The molecule has 2 aromatic rings. The van der Waals surface area contributed by atoms with E-state index in [2.05, 4.69) is 37.1 Å². The number of hydrogen-bond donors (Lipinski definition) is 1. The number of nitrogens with zero attached hydrogens (tertiary/aromatic N) is 1. The summed E-state index contributed by atoms with van der Waals surface area (Å²) in [6.45, 7) is 6.29. The largest absolute Gasteiger partial charge is 0.302 e. The maximum atomic E-state index is 12.2. The molecule has 1 heterocycles. The first-order valence-electron chi connectivity index (χ1n) is 7.32. The Hall–Kier alpha value is -1.42. The molecule has 0 aliphatic heterocycles. The van der Waals surface area contributed by atoms with E-state index in [9.17, 15) is 4.79 Å². The zero-order valence-corrected chi connectivity index (χ0v) is 13.2. The van der Waals surface area contributed by atoms with Crippen molar-refractivity contribution >= 4 is 32.6 Å². The van der Waals surface area contributed by atoms with Crippen molar-refractivity contribution < 1.29 is 4.79 Å². The Morgan fingerprint density at radius 2 is 2.20 bits per heavy atom. The first-order chi connectivity index (χ1) is 9.63. The molecule has 1 amide bonds. The molecule has 0 fully saturated rings. The molecule has 108 valence electrons. The molecular formula is C16H22N2OS. The van der Waals surface area contributed by atoms with Gasteiger partial charge < -0.3 is 5.32 Å². The number of thiazole rings is 1. The van der Waals surface area contributed by atoms with Gasteiger partial charge in [0.25, 0.3) is 0 Å².